The van der Waals surface area contributed by atoms with E-state index in [0.717, 1.165) is 23.4 Å². The molecule has 1 aliphatic carbocycles. The van der Waals surface area contributed by atoms with Crippen molar-refractivity contribution in [2.75, 3.05) is 21.2 Å². The summed E-state index contributed by atoms with van der Waals surface area (Å²) in [6, 6.07) is 5.78. The normalized spacial score (nSPS) is 16.7. The number of nitrogens with zero attached hydrogens (tertiary/aromatic N) is 1. The molecule has 1 aromatic carbocycles. The van der Waals surface area contributed by atoms with Crippen molar-refractivity contribution in [3.63, 3.8) is 0 Å². The van der Waals surface area contributed by atoms with Gasteiger partial charge in [-0.25, -0.2) is 0 Å². The molecule has 0 aliphatic heterocycles. The summed E-state index contributed by atoms with van der Waals surface area (Å²) < 4.78 is 5.46. The van der Waals surface area contributed by atoms with Crippen molar-refractivity contribution in [3.05, 3.63) is 29.3 Å². The van der Waals surface area contributed by atoms with Gasteiger partial charge in [-0.2, -0.15) is 0 Å². The van der Waals surface area contributed by atoms with Crippen LogP contribution in [0.1, 0.15) is 24.0 Å². The molecule has 1 aliphatic rings. The number of rotatable bonds is 5. The lowest BCUT2D eigenvalue weighted by Gasteiger charge is -2.19. The molecule has 0 aromatic heterocycles. The molecular formula is C14H19NO3. The van der Waals surface area contributed by atoms with Crippen molar-refractivity contribution in [1.29, 1.82) is 0 Å². The van der Waals surface area contributed by atoms with E-state index in [1.807, 2.05) is 37.2 Å². The first kappa shape index (κ1) is 12.9. The summed E-state index contributed by atoms with van der Waals surface area (Å²) >= 11 is 0. The van der Waals surface area contributed by atoms with Gasteiger partial charge in [-0.15, -0.1) is 0 Å². The van der Waals surface area contributed by atoms with Crippen LogP contribution in [0.2, 0.25) is 0 Å². The molecule has 98 valence electrons. The second kappa shape index (κ2) is 4.61. The topological polar surface area (TPSA) is 49.8 Å². The molecule has 0 radical (unpaired) electrons. The van der Waals surface area contributed by atoms with E-state index in [0.29, 0.717) is 12.8 Å². The standard InChI is InChI=1S/C14H19NO3/c1-15(2)9-10-5-4-6-11(12(10)18-3)14(7-8-14)13(16)17/h4-6H,7-9H2,1-3H3,(H,16,17). The lowest BCUT2D eigenvalue weighted by atomic mass is 9.93. The highest BCUT2D eigenvalue weighted by molar-refractivity contribution is 5.86. The summed E-state index contributed by atoms with van der Waals surface area (Å²) in [5.74, 6) is -0.0195. The minimum absolute atomic E-state index is 0.699. The van der Waals surface area contributed by atoms with Crippen LogP contribution >= 0.6 is 0 Å². The van der Waals surface area contributed by atoms with Crippen LogP contribution in [0.5, 0.6) is 5.75 Å². The van der Waals surface area contributed by atoms with E-state index in [1.54, 1.807) is 7.11 Å². The number of aliphatic carboxylic acids is 1. The van der Waals surface area contributed by atoms with Gasteiger partial charge in [-0.3, -0.25) is 4.79 Å². The highest BCUT2D eigenvalue weighted by Gasteiger charge is 2.53. The van der Waals surface area contributed by atoms with Gasteiger partial charge in [-0.05, 0) is 26.9 Å². The average Bonchev–Trinajstić information content (AvgIpc) is 3.09. The second-order valence-electron chi connectivity index (χ2n) is 5.12. The predicted octanol–water partition coefficient (Wildman–Crippen LogP) is 1.87. The minimum atomic E-state index is -0.747. The summed E-state index contributed by atoms with van der Waals surface area (Å²) in [6.45, 7) is 0.743. The number of methoxy groups -OCH3 is 1. The Morgan fingerprint density at radius 3 is 2.56 bits per heavy atom. The first-order valence-electron chi connectivity index (χ1n) is 6.06. The third-order valence-electron chi connectivity index (χ3n) is 3.46. The summed E-state index contributed by atoms with van der Waals surface area (Å²) in [4.78, 5) is 13.5. The van der Waals surface area contributed by atoms with Gasteiger partial charge in [0.1, 0.15) is 5.75 Å². The largest absolute Gasteiger partial charge is 0.496 e. The maximum atomic E-state index is 11.4. The molecule has 1 aromatic rings. The number of para-hydroxylation sites is 1. The SMILES string of the molecule is COc1c(CN(C)C)cccc1C1(C(=O)O)CC1. The summed E-state index contributed by atoms with van der Waals surface area (Å²) in [5.41, 5.74) is 1.14. The zero-order valence-electron chi connectivity index (χ0n) is 11.1. The molecule has 0 spiro atoms. The third kappa shape index (κ3) is 2.08. The number of carboxylic acid groups (broad SMARTS) is 1. The Balaban J connectivity index is 2.45. The number of benzene rings is 1. The van der Waals surface area contributed by atoms with Crippen molar-refractivity contribution in [2.24, 2.45) is 0 Å². The lowest BCUT2D eigenvalue weighted by molar-refractivity contribution is -0.140. The maximum Gasteiger partial charge on any atom is 0.314 e. The van der Waals surface area contributed by atoms with Gasteiger partial charge in [-0.1, -0.05) is 18.2 Å². The average molecular weight is 249 g/mol. The molecule has 4 nitrogen and oxygen atoms in total. The Kier molecular flexibility index (Phi) is 3.30. The van der Waals surface area contributed by atoms with Gasteiger partial charge < -0.3 is 14.7 Å². The lowest BCUT2D eigenvalue weighted by Crippen LogP contribution is -2.21. The van der Waals surface area contributed by atoms with E-state index >= 15 is 0 Å². The fourth-order valence-corrected chi connectivity index (χ4v) is 2.39. The molecule has 0 unspecified atom stereocenters. The number of hydrogen-bond acceptors (Lipinski definition) is 3. The van der Waals surface area contributed by atoms with Crippen LogP contribution < -0.4 is 4.74 Å². The molecule has 0 heterocycles. The number of ether oxygens (including phenoxy) is 1. The van der Waals surface area contributed by atoms with Crippen LogP contribution in [0.15, 0.2) is 18.2 Å². The summed E-state index contributed by atoms with van der Waals surface area (Å²) in [6.07, 6.45) is 1.40. The zero-order valence-corrected chi connectivity index (χ0v) is 11.1. The monoisotopic (exact) mass is 249 g/mol. The van der Waals surface area contributed by atoms with E-state index < -0.39 is 11.4 Å². The van der Waals surface area contributed by atoms with E-state index in [9.17, 15) is 9.90 Å². The van der Waals surface area contributed by atoms with Crippen molar-refractivity contribution in [1.82, 2.24) is 4.90 Å². The van der Waals surface area contributed by atoms with Crippen molar-refractivity contribution < 1.29 is 14.6 Å². The van der Waals surface area contributed by atoms with Crippen LogP contribution in [-0.4, -0.2) is 37.2 Å². The van der Waals surface area contributed by atoms with Gasteiger partial charge in [0.25, 0.3) is 0 Å². The van der Waals surface area contributed by atoms with Crippen LogP contribution in [0.25, 0.3) is 0 Å². The van der Waals surface area contributed by atoms with E-state index in [-0.39, 0.29) is 0 Å². The number of carboxylic acids is 1. The van der Waals surface area contributed by atoms with E-state index in [2.05, 4.69) is 0 Å². The van der Waals surface area contributed by atoms with Crippen LogP contribution in [0, 0.1) is 0 Å². The van der Waals surface area contributed by atoms with Gasteiger partial charge in [0.05, 0.1) is 12.5 Å². The Morgan fingerprint density at radius 1 is 1.44 bits per heavy atom. The number of hydrogen-bond donors (Lipinski definition) is 1. The first-order valence-corrected chi connectivity index (χ1v) is 6.06. The van der Waals surface area contributed by atoms with Gasteiger partial charge >= 0.3 is 5.97 Å². The molecule has 0 saturated heterocycles. The third-order valence-corrected chi connectivity index (χ3v) is 3.46. The van der Waals surface area contributed by atoms with Crippen molar-refractivity contribution in [2.45, 2.75) is 24.8 Å². The Labute approximate surface area is 107 Å². The molecule has 0 atom stereocenters. The molecule has 2 rings (SSSR count). The fourth-order valence-electron chi connectivity index (χ4n) is 2.39. The quantitative estimate of drug-likeness (QED) is 0.865. The highest BCUT2D eigenvalue weighted by atomic mass is 16.5. The highest BCUT2D eigenvalue weighted by Crippen LogP contribution is 2.52. The van der Waals surface area contributed by atoms with E-state index in [4.69, 9.17) is 4.74 Å². The molecule has 4 heteroatoms. The van der Waals surface area contributed by atoms with Crippen LogP contribution in [-0.2, 0) is 16.8 Å². The smallest absolute Gasteiger partial charge is 0.314 e. The van der Waals surface area contributed by atoms with Crippen molar-refractivity contribution in [3.8, 4) is 5.75 Å². The van der Waals surface area contributed by atoms with Gasteiger partial charge in [0, 0.05) is 17.7 Å². The van der Waals surface area contributed by atoms with E-state index in [1.165, 1.54) is 0 Å². The summed E-state index contributed by atoms with van der Waals surface area (Å²) in [7, 11) is 5.57. The Morgan fingerprint density at radius 2 is 2.11 bits per heavy atom. The molecule has 1 fully saturated rings. The van der Waals surface area contributed by atoms with Crippen LogP contribution in [0.3, 0.4) is 0 Å². The zero-order chi connectivity index (χ0) is 13.3. The molecule has 0 bridgehead atoms. The maximum absolute atomic E-state index is 11.4. The predicted molar refractivity (Wildman–Crippen MR) is 68.9 cm³/mol. The number of carbonyl (C=O) groups is 1. The van der Waals surface area contributed by atoms with Gasteiger partial charge in [0.2, 0.25) is 0 Å². The molecule has 1 N–H and O–H groups in total. The molecule has 1 saturated carbocycles. The van der Waals surface area contributed by atoms with Crippen molar-refractivity contribution >= 4 is 5.97 Å². The molecule has 18 heavy (non-hydrogen) atoms. The molecular weight excluding hydrogens is 230 g/mol. The van der Waals surface area contributed by atoms with Gasteiger partial charge in [0.15, 0.2) is 0 Å². The Bertz CT molecular complexity index is 464. The Hall–Kier alpha value is -1.55. The summed E-state index contributed by atoms with van der Waals surface area (Å²) in [5, 5.41) is 9.38. The second-order valence-corrected chi connectivity index (χ2v) is 5.12. The fraction of sp³-hybridized carbons (Fsp3) is 0.500. The minimum Gasteiger partial charge on any atom is -0.496 e. The van der Waals surface area contributed by atoms with Crippen LogP contribution in [0.4, 0.5) is 0 Å². The first-order chi connectivity index (χ1) is 8.51. The molecule has 0 amide bonds.